The summed E-state index contributed by atoms with van der Waals surface area (Å²) in [6, 6.07) is 14.3. The molecule has 0 aliphatic rings. The van der Waals surface area contributed by atoms with Crippen molar-refractivity contribution in [2.75, 3.05) is 5.32 Å². The van der Waals surface area contributed by atoms with Crippen LogP contribution in [0, 0.1) is 12.7 Å². The first-order valence-electron chi connectivity index (χ1n) is 8.75. The Bertz CT molecular complexity index is 957. The molecule has 3 nitrogen and oxygen atoms in total. The first kappa shape index (κ1) is 19.0. The van der Waals surface area contributed by atoms with Gasteiger partial charge in [-0.05, 0) is 54.3 Å². The molecule has 0 aliphatic heterocycles. The summed E-state index contributed by atoms with van der Waals surface area (Å²) in [4.78, 5) is 17.6. The van der Waals surface area contributed by atoms with Crippen molar-refractivity contribution in [2.24, 2.45) is 0 Å². The number of hydrogen-bond donors (Lipinski definition) is 1. The zero-order chi connectivity index (χ0) is 19.4. The highest BCUT2D eigenvalue weighted by Gasteiger charge is 2.11. The van der Waals surface area contributed by atoms with E-state index < -0.39 is 0 Å². The minimum atomic E-state index is -0.285. The lowest BCUT2D eigenvalue weighted by molar-refractivity contribution is -0.111. The average molecular weight is 380 g/mol. The maximum Gasteiger partial charge on any atom is 0.250 e. The van der Waals surface area contributed by atoms with Gasteiger partial charge in [0.15, 0.2) is 5.13 Å². The van der Waals surface area contributed by atoms with E-state index in [1.165, 1.54) is 35.1 Å². The van der Waals surface area contributed by atoms with Gasteiger partial charge in [0, 0.05) is 16.5 Å². The van der Waals surface area contributed by atoms with Crippen LogP contribution in [-0.2, 0) is 4.79 Å². The van der Waals surface area contributed by atoms with Crippen molar-refractivity contribution >= 4 is 28.5 Å². The molecule has 0 bridgehead atoms. The second kappa shape index (κ2) is 8.27. The molecule has 3 aromatic rings. The zero-order valence-corrected chi connectivity index (χ0v) is 16.3. The molecular weight excluding hydrogens is 359 g/mol. The number of hydrogen-bond acceptors (Lipinski definition) is 3. The van der Waals surface area contributed by atoms with Crippen LogP contribution >= 0.6 is 11.3 Å². The Kier molecular flexibility index (Phi) is 5.81. The monoisotopic (exact) mass is 380 g/mol. The van der Waals surface area contributed by atoms with E-state index in [1.54, 1.807) is 18.2 Å². The van der Waals surface area contributed by atoms with E-state index in [1.807, 2.05) is 19.1 Å². The fraction of sp³-hybridized carbons (Fsp3) is 0.182. The first-order chi connectivity index (χ1) is 12.9. The normalized spacial score (nSPS) is 11.3. The number of nitrogens with one attached hydrogen (secondary N) is 1. The van der Waals surface area contributed by atoms with Crippen LogP contribution in [0.25, 0.3) is 17.3 Å². The smallest absolute Gasteiger partial charge is 0.250 e. The van der Waals surface area contributed by atoms with Crippen LogP contribution in [0.1, 0.15) is 35.8 Å². The number of aromatic nitrogens is 1. The van der Waals surface area contributed by atoms with Gasteiger partial charge in [0.25, 0.3) is 0 Å². The van der Waals surface area contributed by atoms with Gasteiger partial charge in [-0.2, -0.15) is 0 Å². The van der Waals surface area contributed by atoms with E-state index in [4.69, 9.17) is 0 Å². The van der Waals surface area contributed by atoms with Gasteiger partial charge in [0.2, 0.25) is 5.91 Å². The van der Waals surface area contributed by atoms with Gasteiger partial charge in [-0.3, -0.25) is 10.1 Å². The van der Waals surface area contributed by atoms with Gasteiger partial charge in [-0.25, -0.2) is 9.37 Å². The highest BCUT2D eigenvalue weighted by atomic mass is 32.1. The third kappa shape index (κ3) is 4.89. The van der Waals surface area contributed by atoms with Gasteiger partial charge in [0.05, 0.1) is 5.69 Å². The lowest BCUT2D eigenvalue weighted by Gasteiger charge is -2.04. The largest absolute Gasteiger partial charge is 0.298 e. The summed E-state index contributed by atoms with van der Waals surface area (Å²) in [5.41, 5.74) is 3.81. The van der Waals surface area contributed by atoms with Crippen molar-refractivity contribution < 1.29 is 9.18 Å². The summed E-state index contributed by atoms with van der Waals surface area (Å²) in [5, 5.41) is 3.32. The highest BCUT2D eigenvalue weighted by molar-refractivity contribution is 7.16. The topological polar surface area (TPSA) is 42.0 Å². The third-order valence-corrected chi connectivity index (χ3v) is 5.06. The Morgan fingerprint density at radius 3 is 2.41 bits per heavy atom. The molecule has 0 radical (unpaired) electrons. The summed E-state index contributed by atoms with van der Waals surface area (Å²) < 4.78 is 13.1. The van der Waals surface area contributed by atoms with Crippen LogP contribution in [0.3, 0.4) is 0 Å². The molecule has 0 atom stereocenters. The number of thiazole rings is 1. The molecule has 1 amide bonds. The molecular formula is C22H21FN2OS. The second-order valence-corrected chi connectivity index (χ2v) is 7.78. The average Bonchev–Trinajstić information content (AvgIpc) is 3.01. The number of aryl methyl sites for hydroxylation is 1. The van der Waals surface area contributed by atoms with Gasteiger partial charge in [0.1, 0.15) is 5.82 Å². The van der Waals surface area contributed by atoms with Crippen LogP contribution in [0.5, 0.6) is 0 Å². The number of carbonyl (C=O) groups is 1. The van der Waals surface area contributed by atoms with Crippen molar-refractivity contribution in [1.29, 1.82) is 0 Å². The first-order valence-corrected chi connectivity index (χ1v) is 9.56. The van der Waals surface area contributed by atoms with Crippen LogP contribution in [-0.4, -0.2) is 10.9 Å². The van der Waals surface area contributed by atoms with Gasteiger partial charge < -0.3 is 0 Å². The van der Waals surface area contributed by atoms with Crippen LogP contribution in [0.15, 0.2) is 54.6 Å². The van der Waals surface area contributed by atoms with Crippen molar-refractivity contribution in [3.8, 4) is 11.3 Å². The standard InChI is InChI=1S/C22H21FN2OS/c1-14(2)17-7-4-16(5-8-17)6-13-20(26)24-22-25-21(15(3)27-22)18-9-11-19(23)12-10-18/h4-14H,1-3H3,(H,24,25,26)/b13-6+. The molecule has 0 fully saturated rings. The Balaban J connectivity index is 1.67. The summed E-state index contributed by atoms with van der Waals surface area (Å²) in [6.07, 6.45) is 3.28. The fourth-order valence-corrected chi connectivity index (χ4v) is 3.48. The van der Waals surface area contributed by atoms with Crippen LogP contribution < -0.4 is 5.32 Å². The van der Waals surface area contributed by atoms with Crippen LogP contribution in [0.2, 0.25) is 0 Å². The SMILES string of the molecule is Cc1sc(NC(=O)/C=C/c2ccc(C(C)C)cc2)nc1-c1ccc(F)cc1. The van der Waals surface area contributed by atoms with Crippen LogP contribution in [0.4, 0.5) is 9.52 Å². The quantitative estimate of drug-likeness (QED) is 0.549. The molecule has 138 valence electrons. The van der Waals surface area contributed by atoms with Crippen molar-refractivity contribution in [3.63, 3.8) is 0 Å². The summed E-state index contributed by atoms with van der Waals surface area (Å²) in [7, 11) is 0. The van der Waals surface area contributed by atoms with E-state index >= 15 is 0 Å². The van der Waals surface area contributed by atoms with Crippen molar-refractivity contribution in [1.82, 2.24) is 4.98 Å². The third-order valence-electron chi connectivity index (χ3n) is 4.17. The Morgan fingerprint density at radius 1 is 1.11 bits per heavy atom. The molecule has 2 aromatic carbocycles. The number of rotatable bonds is 5. The van der Waals surface area contributed by atoms with Crippen molar-refractivity contribution in [3.05, 3.63) is 76.4 Å². The molecule has 27 heavy (non-hydrogen) atoms. The Hall–Kier alpha value is -2.79. The fourth-order valence-electron chi connectivity index (χ4n) is 2.64. The summed E-state index contributed by atoms with van der Waals surface area (Å²) in [5.74, 6) is -0.0381. The summed E-state index contributed by atoms with van der Waals surface area (Å²) in [6.45, 7) is 6.22. The summed E-state index contributed by atoms with van der Waals surface area (Å²) >= 11 is 1.40. The lowest BCUT2D eigenvalue weighted by Crippen LogP contribution is -2.07. The molecule has 0 spiro atoms. The molecule has 0 saturated carbocycles. The van der Waals surface area contributed by atoms with Gasteiger partial charge >= 0.3 is 0 Å². The molecule has 0 aliphatic carbocycles. The highest BCUT2D eigenvalue weighted by Crippen LogP contribution is 2.30. The van der Waals surface area contributed by atoms with E-state index in [-0.39, 0.29) is 11.7 Å². The predicted molar refractivity (Wildman–Crippen MR) is 110 cm³/mol. The molecule has 1 aromatic heterocycles. The molecule has 1 N–H and O–H groups in total. The molecule has 5 heteroatoms. The zero-order valence-electron chi connectivity index (χ0n) is 15.5. The maximum absolute atomic E-state index is 13.1. The van der Waals surface area contributed by atoms with Gasteiger partial charge in [-0.15, -0.1) is 11.3 Å². The Labute approximate surface area is 162 Å². The number of anilines is 1. The van der Waals surface area contributed by atoms with E-state index in [0.29, 0.717) is 11.0 Å². The van der Waals surface area contributed by atoms with E-state index in [2.05, 4.69) is 36.3 Å². The van der Waals surface area contributed by atoms with E-state index in [0.717, 1.165) is 21.7 Å². The number of amides is 1. The van der Waals surface area contributed by atoms with Gasteiger partial charge in [-0.1, -0.05) is 38.1 Å². The molecule has 3 rings (SSSR count). The minimum Gasteiger partial charge on any atom is -0.298 e. The number of carbonyl (C=O) groups excluding carboxylic acids is 1. The lowest BCUT2D eigenvalue weighted by atomic mass is 10.0. The Morgan fingerprint density at radius 2 is 1.78 bits per heavy atom. The van der Waals surface area contributed by atoms with Crippen molar-refractivity contribution in [2.45, 2.75) is 26.7 Å². The second-order valence-electron chi connectivity index (χ2n) is 6.57. The molecule has 0 unspecified atom stereocenters. The maximum atomic E-state index is 13.1. The predicted octanol–water partition coefficient (Wildman–Crippen LogP) is 6.03. The van der Waals surface area contributed by atoms with E-state index in [9.17, 15) is 9.18 Å². The molecule has 0 saturated heterocycles. The minimum absolute atomic E-state index is 0.234. The number of benzene rings is 2. The number of halogens is 1. The number of nitrogens with zero attached hydrogens (tertiary/aromatic N) is 1. The molecule has 1 heterocycles.